The Labute approximate surface area is 119 Å². The van der Waals surface area contributed by atoms with Crippen LogP contribution in [0.25, 0.3) is 0 Å². The SMILES string of the molecule is CCCNC(C)(CCN(CC(C)C)C(C)C)C(N)=O. The van der Waals surface area contributed by atoms with Gasteiger partial charge in [0.2, 0.25) is 5.91 Å². The van der Waals surface area contributed by atoms with Gasteiger partial charge in [0, 0.05) is 19.1 Å². The number of rotatable bonds is 10. The van der Waals surface area contributed by atoms with E-state index in [1.807, 2.05) is 6.92 Å². The van der Waals surface area contributed by atoms with Gasteiger partial charge in [-0.25, -0.2) is 0 Å². The van der Waals surface area contributed by atoms with Crippen LogP contribution in [-0.4, -0.2) is 42.0 Å². The molecule has 4 nitrogen and oxygen atoms in total. The summed E-state index contributed by atoms with van der Waals surface area (Å²) >= 11 is 0. The molecule has 0 bridgehead atoms. The van der Waals surface area contributed by atoms with Gasteiger partial charge in [-0.2, -0.15) is 0 Å². The van der Waals surface area contributed by atoms with Crippen LogP contribution in [0.3, 0.4) is 0 Å². The number of amides is 1. The highest BCUT2D eigenvalue weighted by atomic mass is 16.1. The molecule has 0 heterocycles. The van der Waals surface area contributed by atoms with Gasteiger partial charge in [-0.05, 0) is 46.1 Å². The van der Waals surface area contributed by atoms with Gasteiger partial charge in [0.05, 0.1) is 5.54 Å². The fourth-order valence-corrected chi connectivity index (χ4v) is 2.10. The van der Waals surface area contributed by atoms with E-state index in [1.165, 1.54) is 0 Å². The monoisotopic (exact) mass is 271 g/mol. The first-order valence-electron chi connectivity index (χ1n) is 7.52. The summed E-state index contributed by atoms with van der Waals surface area (Å²) in [6.07, 6.45) is 1.76. The molecule has 1 unspecified atom stereocenters. The molecule has 0 aliphatic carbocycles. The number of carbonyl (C=O) groups excluding carboxylic acids is 1. The number of hydrogen-bond acceptors (Lipinski definition) is 3. The molecule has 0 fully saturated rings. The Morgan fingerprint density at radius 2 is 1.89 bits per heavy atom. The van der Waals surface area contributed by atoms with Gasteiger partial charge >= 0.3 is 0 Å². The summed E-state index contributed by atoms with van der Waals surface area (Å²) in [6, 6.07) is 0.491. The third kappa shape index (κ3) is 6.92. The average Bonchev–Trinajstić information content (AvgIpc) is 2.30. The minimum absolute atomic E-state index is 0.255. The molecule has 0 radical (unpaired) electrons. The van der Waals surface area contributed by atoms with Crippen molar-refractivity contribution in [1.29, 1.82) is 0 Å². The van der Waals surface area contributed by atoms with Crippen LogP contribution >= 0.6 is 0 Å². The molecule has 4 heteroatoms. The molecule has 0 saturated carbocycles. The quantitative estimate of drug-likeness (QED) is 0.639. The average molecular weight is 271 g/mol. The van der Waals surface area contributed by atoms with Crippen LogP contribution in [0.5, 0.6) is 0 Å². The lowest BCUT2D eigenvalue weighted by Crippen LogP contribution is -2.55. The summed E-state index contributed by atoms with van der Waals surface area (Å²) in [4.78, 5) is 14.1. The van der Waals surface area contributed by atoms with E-state index >= 15 is 0 Å². The molecule has 0 aromatic heterocycles. The molecule has 0 saturated heterocycles. The van der Waals surface area contributed by atoms with Crippen LogP contribution in [0.4, 0.5) is 0 Å². The normalized spacial score (nSPS) is 15.2. The molecule has 0 aromatic carbocycles. The predicted octanol–water partition coefficient (Wildman–Crippen LogP) is 1.99. The third-order valence-corrected chi connectivity index (χ3v) is 3.54. The topological polar surface area (TPSA) is 58.4 Å². The van der Waals surface area contributed by atoms with Crippen LogP contribution in [0.1, 0.15) is 54.4 Å². The molecule has 0 aliphatic heterocycles. The second-order valence-electron chi connectivity index (χ2n) is 6.36. The zero-order chi connectivity index (χ0) is 15.1. The molecule has 19 heavy (non-hydrogen) atoms. The van der Waals surface area contributed by atoms with E-state index < -0.39 is 5.54 Å². The Morgan fingerprint density at radius 1 is 1.32 bits per heavy atom. The number of nitrogens with zero attached hydrogens (tertiary/aromatic N) is 1. The van der Waals surface area contributed by atoms with Crippen LogP contribution in [-0.2, 0) is 4.79 Å². The second kappa shape index (κ2) is 8.54. The molecule has 0 spiro atoms. The molecule has 114 valence electrons. The minimum Gasteiger partial charge on any atom is -0.368 e. The van der Waals surface area contributed by atoms with E-state index in [9.17, 15) is 4.79 Å². The summed E-state index contributed by atoms with van der Waals surface area (Å²) in [5, 5.41) is 3.29. The zero-order valence-corrected chi connectivity index (χ0v) is 13.6. The lowest BCUT2D eigenvalue weighted by Gasteiger charge is -2.33. The second-order valence-corrected chi connectivity index (χ2v) is 6.36. The highest BCUT2D eigenvalue weighted by Gasteiger charge is 2.30. The van der Waals surface area contributed by atoms with E-state index in [0.717, 1.165) is 32.5 Å². The van der Waals surface area contributed by atoms with Gasteiger partial charge in [0.25, 0.3) is 0 Å². The van der Waals surface area contributed by atoms with Crippen molar-refractivity contribution in [3.8, 4) is 0 Å². The zero-order valence-electron chi connectivity index (χ0n) is 13.6. The molecular formula is C15H33N3O. The first kappa shape index (κ1) is 18.4. The van der Waals surface area contributed by atoms with Crippen molar-refractivity contribution in [3.63, 3.8) is 0 Å². The summed E-state index contributed by atoms with van der Waals surface area (Å²) in [7, 11) is 0. The predicted molar refractivity (Wildman–Crippen MR) is 82.1 cm³/mol. The van der Waals surface area contributed by atoms with Crippen molar-refractivity contribution in [2.45, 2.75) is 66.0 Å². The Kier molecular flexibility index (Phi) is 8.26. The first-order chi connectivity index (χ1) is 8.73. The van der Waals surface area contributed by atoms with Crippen LogP contribution in [0, 0.1) is 5.92 Å². The van der Waals surface area contributed by atoms with Crippen molar-refractivity contribution >= 4 is 5.91 Å². The molecule has 3 N–H and O–H groups in total. The molecule has 0 aromatic rings. The van der Waals surface area contributed by atoms with E-state index in [4.69, 9.17) is 5.73 Å². The van der Waals surface area contributed by atoms with Gasteiger partial charge in [-0.3, -0.25) is 4.79 Å². The third-order valence-electron chi connectivity index (χ3n) is 3.54. The van der Waals surface area contributed by atoms with Crippen molar-refractivity contribution in [2.75, 3.05) is 19.6 Å². The van der Waals surface area contributed by atoms with E-state index in [2.05, 4.69) is 44.8 Å². The van der Waals surface area contributed by atoms with Gasteiger partial charge < -0.3 is 16.0 Å². The van der Waals surface area contributed by atoms with Crippen molar-refractivity contribution in [3.05, 3.63) is 0 Å². The molecule has 0 rings (SSSR count). The lowest BCUT2D eigenvalue weighted by atomic mass is 9.95. The lowest BCUT2D eigenvalue weighted by molar-refractivity contribution is -0.124. The minimum atomic E-state index is -0.597. The molecule has 1 atom stereocenters. The largest absolute Gasteiger partial charge is 0.368 e. The van der Waals surface area contributed by atoms with Crippen molar-refractivity contribution < 1.29 is 4.79 Å². The molecular weight excluding hydrogens is 238 g/mol. The van der Waals surface area contributed by atoms with Crippen molar-refractivity contribution in [2.24, 2.45) is 11.7 Å². The highest BCUT2D eigenvalue weighted by molar-refractivity contribution is 5.84. The van der Waals surface area contributed by atoms with Crippen LogP contribution in [0.15, 0.2) is 0 Å². The Balaban J connectivity index is 4.54. The van der Waals surface area contributed by atoms with Gasteiger partial charge in [-0.1, -0.05) is 20.8 Å². The smallest absolute Gasteiger partial charge is 0.237 e. The Bertz CT molecular complexity index is 266. The standard InChI is InChI=1S/C15H33N3O/c1-7-9-17-15(6,14(16)19)8-10-18(13(4)5)11-12(2)3/h12-13,17H,7-11H2,1-6H3,(H2,16,19). The van der Waals surface area contributed by atoms with E-state index in [-0.39, 0.29) is 5.91 Å². The van der Waals surface area contributed by atoms with Crippen LogP contribution < -0.4 is 11.1 Å². The van der Waals surface area contributed by atoms with Gasteiger partial charge in [-0.15, -0.1) is 0 Å². The summed E-state index contributed by atoms with van der Waals surface area (Å²) in [6.45, 7) is 15.6. The maximum atomic E-state index is 11.7. The fourth-order valence-electron chi connectivity index (χ4n) is 2.10. The van der Waals surface area contributed by atoms with E-state index in [1.54, 1.807) is 0 Å². The number of hydrogen-bond donors (Lipinski definition) is 2. The first-order valence-corrected chi connectivity index (χ1v) is 7.52. The molecule has 1 amide bonds. The maximum absolute atomic E-state index is 11.7. The Morgan fingerprint density at radius 3 is 2.26 bits per heavy atom. The van der Waals surface area contributed by atoms with Gasteiger partial charge in [0.1, 0.15) is 0 Å². The highest BCUT2D eigenvalue weighted by Crippen LogP contribution is 2.13. The fraction of sp³-hybridized carbons (Fsp3) is 0.933. The number of nitrogens with two attached hydrogens (primary N) is 1. The number of carbonyl (C=O) groups is 1. The summed E-state index contributed by atoms with van der Waals surface area (Å²) < 4.78 is 0. The summed E-state index contributed by atoms with van der Waals surface area (Å²) in [5.41, 5.74) is 4.96. The van der Waals surface area contributed by atoms with Crippen LogP contribution in [0.2, 0.25) is 0 Å². The van der Waals surface area contributed by atoms with E-state index in [0.29, 0.717) is 12.0 Å². The number of nitrogens with one attached hydrogen (secondary N) is 1. The summed E-state index contributed by atoms with van der Waals surface area (Å²) in [5.74, 6) is 0.375. The maximum Gasteiger partial charge on any atom is 0.237 e. The molecule has 0 aliphatic rings. The number of primary amides is 1. The Hall–Kier alpha value is -0.610. The van der Waals surface area contributed by atoms with Gasteiger partial charge in [0.15, 0.2) is 0 Å². The van der Waals surface area contributed by atoms with Crippen molar-refractivity contribution in [1.82, 2.24) is 10.2 Å².